The Morgan fingerprint density at radius 3 is 2.68 bits per heavy atom. The first kappa shape index (κ1) is 17.0. The monoisotopic (exact) mass is 339 g/mol. The van der Waals surface area contributed by atoms with E-state index in [1.54, 1.807) is 0 Å². The number of rotatable bonds is 5. The van der Waals surface area contributed by atoms with E-state index < -0.39 is 12.0 Å². The number of nitrogens with one attached hydrogen (secondary N) is 1. The molecule has 0 aliphatic carbocycles. The van der Waals surface area contributed by atoms with Gasteiger partial charge in [0.15, 0.2) is 0 Å². The maximum absolute atomic E-state index is 12.9. The number of amides is 1. The number of carbonyl (C=O) groups excluding carboxylic acids is 1. The van der Waals surface area contributed by atoms with Crippen LogP contribution in [-0.4, -0.2) is 23.6 Å². The van der Waals surface area contributed by atoms with E-state index in [9.17, 15) is 14.7 Å². The molecule has 0 fully saturated rings. The van der Waals surface area contributed by atoms with Crippen molar-refractivity contribution < 1.29 is 19.4 Å². The predicted octanol–water partition coefficient (Wildman–Crippen LogP) is 3.19. The Kier molecular flexibility index (Phi) is 5.03. The van der Waals surface area contributed by atoms with Gasteiger partial charge in [0.1, 0.15) is 5.75 Å². The molecule has 2 N–H and O–H groups in total. The fraction of sp³-hybridized carbons (Fsp3) is 0.300. The summed E-state index contributed by atoms with van der Waals surface area (Å²) in [6.45, 7) is 2.39. The lowest BCUT2D eigenvalue weighted by Crippen LogP contribution is -2.36. The molecule has 1 aliphatic heterocycles. The summed E-state index contributed by atoms with van der Waals surface area (Å²) in [6, 6.07) is 14.5. The highest BCUT2D eigenvalue weighted by Crippen LogP contribution is 2.34. The maximum atomic E-state index is 12.9. The van der Waals surface area contributed by atoms with Gasteiger partial charge in [-0.2, -0.15) is 0 Å². The molecule has 5 heteroatoms. The van der Waals surface area contributed by atoms with Gasteiger partial charge in [-0.15, -0.1) is 0 Å². The van der Waals surface area contributed by atoms with E-state index >= 15 is 0 Å². The van der Waals surface area contributed by atoms with E-state index in [4.69, 9.17) is 4.74 Å². The molecule has 0 bridgehead atoms. The zero-order chi connectivity index (χ0) is 17.8. The van der Waals surface area contributed by atoms with Gasteiger partial charge >= 0.3 is 5.97 Å². The summed E-state index contributed by atoms with van der Waals surface area (Å²) in [5.74, 6) is -0.712. The quantitative estimate of drug-likeness (QED) is 0.877. The molecule has 130 valence electrons. The Hall–Kier alpha value is -2.82. The third-order valence-electron chi connectivity index (χ3n) is 4.53. The van der Waals surface area contributed by atoms with E-state index in [2.05, 4.69) is 5.32 Å². The van der Waals surface area contributed by atoms with Crippen molar-refractivity contribution in [3.63, 3.8) is 0 Å². The van der Waals surface area contributed by atoms with E-state index in [-0.39, 0.29) is 18.2 Å². The first-order chi connectivity index (χ1) is 12.1. The highest BCUT2D eigenvalue weighted by Gasteiger charge is 2.30. The number of aryl methyl sites for hydroxylation is 1. The number of para-hydroxylation sites is 1. The summed E-state index contributed by atoms with van der Waals surface area (Å²) in [5, 5.41) is 12.2. The largest absolute Gasteiger partial charge is 0.493 e. The Morgan fingerprint density at radius 2 is 1.92 bits per heavy atom. The van der Waals surface area contributed by atoms with Crippen LogP contribution >= 0.6 is 0 Å². The van der Waals surface area contributed by atoms with Crippen molar-refractivity contribution in [3.05, 3.63) is 65.2 Å². The lowest BCUT2D eigenvalue weighted by molar-refractivity contribution is -0.137. The van der Waals surface area contributed by atoms with Crippen LogP contribution in [-0.2, 0) is 9.59 Å². The molecule has 2 aromatic carbocycles. The Labute approximate surface area is 146 Å². The minimum atomic E-state index is -0.944. The second-order valence-electron chi connectivity index (χ2n) is 6.24. The third-order valence-corrected chi connectivity index (χ3v) is 4.53. The molecule has 25 heavy (non-hydrogen) atoms. The summed E-state index contributed by atoms with van der Waals surface area (Å²) in [7, 11) is 0. The van der Waals surface area contributed by atoms with Gasteiger partial charge in [0, 0.05) is 5.56 Å². The van der Waals surface area contributed by atoms with Crippen molar-refractivity contribution in [2.24, 2.45) is 0 Å². The molecule has 3 rings (SSSR count). The molecule has 5 nitrogen and oxygen atoms in total. The Balaban J connectivity index is 1.84. The molecular formula is C20H21NO4. The van der Waals surface area contributed by atoms with Gasteiger partial charge in [-0.3, -0.25) is 9.59 Å². The van der Waals surface area contributed by atoms with E-state index in [0.717, 1.165) is 22.4 Å². The third kappa shape index (κ3) is 3.82. The predicted molar refractivity (Wildman–Crippen MR) is 93.6 cm³/mol. The minimum absolute atomic E-state index is 0.151. The number of ether oxygens (including phenoxy) is 1. The van der Waals surface area contributed by atoms with Gasteiger partial charge in [0.05, 0.1) is 25.0 Å². The molecule has 0 unspecified atom stereocenters. The van der Waals surface area contributed by atoms with Crippen molar-refractivity contribution in [1.29, 1.82) is 0 Å². The average molecular weight is 339 g/mol. The molecular weight excluding hydrogens is 318 g/mol. The summed E-state index contributed by atoms with van der Waals surface area (Å²) in [4.78, 5) is 24.2. The minimum Gasteiger partial charge on any atom is -0.493 e. The molecule has 0 spiro atoms. The highest BCUT2D eigenvalue weighted by molar-refractivity contribution is 5.85. The Bertz CT molecular complexity index is 787. The van der Waals surface area contributed by atoms with Crippen molar-refractivity contribution in [3.8, 4) is 5.75 Å². The summed E-state index contributed by atoms with van der Waals surface area (Å²) < 4.78 is 5.60. The van der Waals surface area contributed by atoms with Gasteiger partial charge in [0.2, 0.25) is 5.91 Å². The van der Waals surface area contributed by atoms with Crippen LogP contribution in [0.1, 0.15) is 41.5 Å². The van der Waals surface area contributed by atoms with Crippen LogP contribution in [0.5, 0.6) is 5.75 Å². The number of aliphatic carboxylic acids is 1. The van der Waals surface area contributed by atoms with Gasteiger partial charge < -0.3 is 15.2 Å². The normalized spacial score (nSPS) is 17.1. The first-order valence-electron chi connectivity index (χ1n) is 8.35. The molecule has 2 aromatic rings. The van der Waals surface area contributed by atoms with E-state index in [1.165, 1.54) is 0 Å². The molecule has 0 aromatic heterocycles. The van der Waals surface area contributed by atoms with Crippen molar-refractivity contribution in [1.82, 2.24) is 5.32 Å². The SMILES string of the molecule is Cc1ccccc1[C@H](CC(=O)O)NC(=O)[C@H]1CCOc2ccccc21. The average Bonchev–Trinajstić information content (AvgIpc) is 2.60. The number of carbonyl (C=O) groups is 2. The maximum Gasteiger partial charge on any atom is 0.305 e. The molecule has 0 saturated carbocycles. The van der Waals surface area contributed by atoms with Crippen molar-refractivity contribution in [2.45, 2.75) is 31.7 Å². The number of carboxylic acid groups (broad SMARTS) is 1. The lowest BCUT2D eigenvalue weighted by Gasteiger charge is -2.27. The summed E-state index contributed by atoms with van der Waals surface area (Å²) in [6.07, 6.45) is 0.428. The number of carboxylic acids is 1. The molecule has 1 heterocycles. The van der Waals surface area contributed by atoms with Gasteiger partial charge in [-0.25, -0.2) is 0 Å². The van der Waals surface area contributed by atoms with E-state index in [0.29, 0.717) is 13.0 Å². The number of hydrogen-bond acceptors (Lipinski definition) is 3. The lowest BCUT2D eigenvalue weighted by atomic mass is 9.91. The number of fused-ring (bicyclic) bond motifs is 1. The standard InChI is InChI=1S/C20H21NO4/c1-13-6-2-3-7-14(13)17(12-19(22)23)21-20(24)16-10-11-25-18-9-5-4-8-15(16)18/h2-9,16-17H,10-12H2,1H3,(H,21,24)(H,22,23)/t16-,17-/m0/s1. The smallest absolute Gasteiger partial charge is 0.305 e. The fourth-order valence-corrected chi connectivity index (χ4v) is 3.28. The van der Waals surface area contributed by atoms with Crippen LogP contribution in [0.2, 0.25) is 0 Å². The summed E-state index contributed by atoms with van der Waals surface area (Å²) >= 11 is 0. The summed E-state index contributed by atoms with van der Waals surface area (Å²) in [5.41, 5.74) is 2.64. The van der Waals surface area contributed by atoms with Crippen LogP contribution in [0.25, 0.3) is 0 Å². The fourth-order valence-electron chi connectivity index (χ4n) is 3.28. The molecule has 2 atom stereocenters. The van der Waals surface area contributed by atoms with Crippen molar-refractivity contribution >= 4 is 11.9 Å². The number of hydrogen-bond donors (Lipinski definition) is 2. The van der Waals surface area contributed by atoms with Gasteiger partial charge in [-0.1, -0.05) is 42.5 Å². The second-order valence-corrected chi connectivity index (χ2v) is 6.24. The zero-order valence-electron chi connectivity index (χ0n) is 14.1. The first-order valence-corrected chi connectivity index (χ1v) is 8.35. The molecule has 0 radical (unpaired) electrons. The van der Waals surface area contributed by atoms with Gasteiger partial charge in [0.25, 0.3) is 0 Å². The number of benzene rings is 2. The van der Waals surface area contributed by atoms with Crippen LogP contribution in [0.3, 0.4) is 0 Å². The highest BCUT2D eigenvalue weighted by atomic mass is 16.5. The van der Waals surface area contributed by atoms with Crippen molar-refractivity contribution in [2.75, 3.05) is 6.61 Å². The zero-order valence-corrected chi connectivity index (χ0v) is 14.1. The molecule has 1 aliphatic rings. The van der Waals surface area contributed by atoms with Crippen LogP contribution in [0.4, 0.5) is 0 Å². The molecule has 1 amide bonds. The van der Waals surface area contributed by atoms with E-state index in [1.807, 2.05) is 55.5 Å². The topological polar surface area (TPSA) is 75.6 Å². The molecule has 0 saturated heterocycles. The van der Waals surface area contributed by atoms with Crippen LogP contribution in [0.15, 0.2) is 48.5 Å². The van der Waals surface area contributed by atoms with Crippen LogP contribution < -0.4 is 10.1 Å². The van der Waals surface area contributed by atoms with Gasteiger partial charge in [-0.05, 0) is 30.5 Å². The van der Waals surface area contributed by atoms with Crippen LogP contribution in [0, 0.1) is 6.92 Å². The Morgan fingerprint density at radius 1 is 1.20 bits per heavy atom. The second kappa shape index (κ2) is 7.38.